The highest BCUT2D eigenvalue weighted by Crippen LogP contribution is 2.24. The number of ether oxygens (including phenoxy) is 2. The summed E-state index contributed by atoms with van der Waals surface area (Å²) in [7, 11) is 0. The normalized spacial score (nSPS) is 15.3. The SMILES string of the molecule is Cc1cc(/C=C(/C#N)C(=O)OC(C)C(=O)N2CCOCC2)c(C)n1-c1cccc(Cl)c1. The van der Waals surface area contributed by atoms with Crippen LogP contribution >= 0.6 is 11.6 Å². The molecule has 1 fully saturated rings. The van der Waals surface area contributed by atoms with Gasteiger partial charge in [-0.1, -0.05) is 17.7 Å². The number of carbonyl (C=O) groups excluding carboxylic acids is 2. The van der Waals surface area contributed by atoms with Gasteiger partial charge in [0.2, 0.25) is 0 Å². The number of nitriles is 1. The summed E-state index contributed by atoms with van der Waals surface area (Å²) in [6.45, 7) is 7.16. The molecule has 1 aliphatic heterocycles. The second kappa shape index (κ2) is 9.82. The molecule has 1 atom stereocenters. The number of aryl methyl sites for hydroxylation is 1. The van der Waals surface area contributed by atoms with Crippen LogP contribution in [0.5, 0.6) is 0 Å². The van der Waals surface area contributed by atoms with Crippen molar-refractivity contribution in [1.82, 2.24) is 9.47 Å². The smallest absolute Gasteiger partial charge is 0.349 e. The summed E-state index contributed by atoms with van der Waals surface area (Å²) in [4.78, 5) is 26.6. The van der Waals surface area contributed by atoms with Crippen LogP contribution in [0.2, 0.25) is 5.02 Å². The summed E-state index contributed by atoms with van der Waals surface area (Å²) in [6, 6.07) is 11.2. The molecule has 1 aromatic heterocycles. The quantitative estimate of drug-likeness (QED) is 0.403. The molecule has 8 heteroatoms. The van der Waals surface area contributed by atoms with Crippen LogP contribution in [0.4, 0.5) is 0 Å². The van der Waals surface area contributed by atoms with Crippen molar-refractivity contribution in [3.8, 4) is 11.8 Å². The van der Waals surface area contributed by atoms with Crippen molar-refractivity contribution in [3.05, 3.63) is 57.9 Å². The van der Waals surface area contributed by atoms with E-state index < -0.39 is 12.1 Å². The van der Waals surface area contributed by atoms with Crippen molar-refractivity contribution >= 4 is 29.6 Å². The Morgan fingerprint density at radius 1 is 1.26 bits per heavy atom. The van der Waals surface area contributed by atoms with Crippen molar-refractivity contribution in [2.24, 2.45) is 0 Å². The number of halogens is 1. The summed E-state index contributed by atoms with van der Waals surface area (Å²) in [6.07, 6.45) is 0.499. The number of aromatic nitrogens is 1. The van der Waals surface area contributed by atoms with Crippen molar-refractivity contribution in [2.45, 2.75) is 26.9 Å². The van der Waals surface area contributed by atoms with Gasteiger partial charge in [0.1, 0.15) is 11.6 Å². The van der Waals surface area contributed by atoms with Crippen molar-refractivity contribution < 1.29 is 19.1 Å². The van der Waals surface area contributed by atoms with Crippen LogP contribution in [0.25, 0.3) is 11.8 Å². The van der Waals surface area contributed by atoms with E-state index in [1.807, 2.05) is 48.7 Å². The predicted molar refractivity (Wildman–Crippen MR) is 117 cm³/mol. The molecule has 31 heavy (non-hydrogen) atoms. The molecule has 0 saturated carbocycles. The van der Waals surface area contributed by atoms with Crippen molar-refractivity contribution in [2.75, 3.05) is 26.3 Å². The average Bonchev–Trinajstić information content (AvgIpc) is 3.04. The number of carbonyl (C=O) groups is 2. The summed E-state index contributed by atoms with van der Waals surface area (Å²) >= 11 is 6.12. The Morgan fingerprint density at radius 2 is 1.97 bits per heavy atom. The van der Waals surface area contributed by atoms with Gasteiger partial charge in [0, 0.05) is 35.2 Å². The number of esters is 1. The summed E-state index contributed by atoms with van der Waals surface area (Å²) < 4.78 is 12.5. The van der Waals surface area contributed by atoms with E-state index in [0.717, 1.165) is 17.1 Å². The maximum Gasteiger partial charge on any atom is 0.349 e. The van der Waals surface area contributed by atoms with Gasteiger partial charge in [-0.25, -0.2) is 4.79 Å². The third-order valence-corrected chi connectivity index (χ3v) is 5.37. The molecule has 1 aromatic carbocycles. The lowest BCUT2D eigenvalue weighted by Gasteiger charge is -2.28. The molecule has 7 nitrogen and oxygen atoms in total. The van der Waals surface area contributed by atoms with E-state index in [2.05, 4.69) is 0 Å². The Morgan fingerprint density at radius 3 is 2.61 bits per heavy atom. The number of benzene rings is 1. The number of nitrogens with zero attached hydrogens (tertiary/aromatic N) is 3. The summed E-state index contributed by atoms with van der Waals surface area (Å²) in [5.74, 6) is -1.13. The molecule has 0 spiro atoms. The molecule has 1 saturated heterocycles. The minimum Gasteiger partial charge on any atom is -0.448 e. The van der Waals surface area contributed by atoms with Gasteiger partial charge in [-0.15, -0.1) is 0 Å². The Balaban J connectivity index is 1.80. The van der Waals surface area contributed by atoms with E-state index in [4.69, 9.17) is 21.1 Å². The maximum absolute atomic E-state index is 12.6. The molecule has 0 bridgehead atoms. The first-order valence-electron chi connectivity index (χ1n) is 9.96. The van der Waals surface area contributed by atoms with Crippen LogP contribution in [0.1, 0.15) is 23.9 Å². The van der Waals surface area contributed by atoms with Gasteiger partial charge in [-0.3, -0.25) is 4.79 Å². The van der Waals surface area contributed by atoms with Crippen LogP contribution in [0, 0.1) is 25.2 Å². The first-order valence-corrected chi connectivity index (χ1v) is 10.3. The molecular weight excluding hydrogens is 418 g/mol. The van der Waals surface area contributed by atoms with Crippen molar-refractivity contribution in [3.63, 3.8) is 0 Å². The number of amides is 1. The Labute approximate surface area is 186 Å². The second-order valence-corrected chi connectivity index (χ2v) is 7.73. The lowest BCUT2D eigenvalue weighted by atomic mass is 10.1. The molecular formula is C23H24ClN3O4. The zero-order valence-corrected chi connectivity index (χ0v) is 18.5. The number of hydrogen-bond donors (Lipinski definition) is 0. The van der Waals surface area contributed by atoms with Gasteiger partial charge in [-0.05, 0) is 56.7 Å². The fourth-order valence-electron chi connectivity index (χ4n) is 3.55. The van der Waals surface area contributed by atoms with Crippen molar-refractivity contribution in [1.29, 1.82) is 5.26 Å². The highest BCUT2D eigenvalue weighted by molar-refractivity contribution is 6.30. The minimum atomic E-state index is -0.985. The largest absolute Gasteiger partial charge is 0.448 e. The third kappa shape index (κ3) is 5.16. The molecule has 1 aliphatic rings. The van der Waals surface area contributed by atoms with Gasteiger partial charge in [0.05, 0.1) is 13.2 Å². The molecule has 0 aliphatic carbocycles. The molecule has 1 amide bonds. The molecule has 2 aromatic rings. The second-order valence-electron chi connectivity index (χ2n) is 7.30. The molecule has 3 rings (SSSR count). The van der Waals surface area contributed by atoms with Gasteiger partial charge >= 0.3 is 5.97 Å². The highest BCUT2D eigenvalue weighted by atomic mass is 35.5. The number of morpholine rings is 1. The Hall–Kier alpha value is -3.08. The maximum atomic E-state index is 12.6. The van der Waals surface area contributed by atoms with Gasteiger partial charge < -0.3 is 18.9 Å². The van der Waals surface area contributed by atoms with E-state index in [9.17, 15) is 14.9 Å². The molecule has 1 unspecified atom stereocenters. The van der Waals surface area contributed by atoms with Crippen LogP contribution in [0.3, 0.4) is 0 Å². The van der Waals surface area contributed by atoms with E-state index in [1.54, 1.807) is 11.0 Å². The lowest BCUT2D eigenvalue weighted by Crippen LogP contribution is -2.46. The first-order chi connectivity index (χ1) is 14.8. The molecule has 2 heterocycles. The zero-order chi connectivity index (χ0) is 22.5. The molecule has 162 valence electrons. The van der Waals surface area contributed by atoms with E-state index in [-0.39, 0.29) is 11.5 Å². The topological polar surface area (TPSA) is 84.6 Å². The Bertz CT molecular complexity index is 1060. The first kappa shape index (κ1) is 22.6. The van der Waals surface area contributed by atoms with Gasteiger partial charge in [0.25, 0.3) is 5.91 Å². The average molecular weight is 442 g/mol. The zero-order valence-electron chi connectivity index (χ0n) is 17.7. The van der Waals surface area contributed by atoms with Crippen LogP contribution in [-0.4, -0.2) is 53.8 Å². The fourth-order valence-corrected chi connectivity index (χ4v) is 3.74. The lowest BCUT2D eigenvalue weighted by molar-refractivity contribution is -0.157. The standard InChI is InChI=1S/C23H24ClN3O4/c1-15-11-18(16(2)27(15)21-6-4-5-20(24)13-21)12-19(14-25)23(29)31-17(3)22(28)26-7-9-30-10-8-26/h4-6,11-13,17H,7-10H2,1-3H3/b19-12-. The van der Waals surface area contributed by atoms with Gasteiger partial charge in [0.15, 0.2) is 6.10 Å². The Kier molecular flexibility index (Phi) is 7.16. The fraction of sp³-hybridized carbons (Fsp3) is 0.348. The van der Waals surface area contributed by atoms with Gasteiger partial charge in [-0.2, -0.15) is 5.26 Å². The number of hydrogen-bond acceptors (Lipinski definition) is 5. The molecule has 0 N–H and O–H groups in total. The van der Waals surface area contributed by atoms with Crippen LogP contribution in [0.15, 0.2) is 35.9 Å². The van der Waals surface area contributed by atoms with E-state index >= 15 is 0 Å². The number of rotatable bonds is 5. The minimum absolute atomic E-state index is 0.173. The third-order valence-electron chi connectivity index (χ3n) is 5.13. The van der Waals surface area contributed by atoms with Crippen LogP contribution < -0.4 is 0 Å². The molecule has 0 radical (unpaired) electrons. The van der Waals surface area contributed by atoms with Crippen LogP contribution in [-0.2, 0) is 19.1 Å². The summed E-state index contributed by atoms with van der Waals surface area (Å²) in [5.41, 5.74) is 3.18. The summed E-state index contributed by atoms with van der Waals surface area (Å²) in [5, 5.41) is 10.1. The predicted octanol–water partition coefficient (Wildman–Crippen LogP) is 3.45. The monoisotopic (exact) mass is 441 g/mol. The van der Waals surface area contributed by atoms with E-state index in [0.29, 0.717) is 36.9 Å². The van der Waals surface area contributed by atoms with E-state index in [1.165, 1.54) is 13.0 Å². The highest BCUT2D eigenvalue weighted by Gasteiger charge is 2.26.